The Hall–Kier alpha value is -6.86. The molecule has 55 heavy (non-hydrogen) atoms. The number of para-hydroxylation sites is 2. The highest BCUT2D eigenvalue weighted by Crippen LogP contribution is 2.37. The van der Waals surface area contributed by atoms with Gasteiger partial charge in [0.1, 0.15) is 17.0 Å². The molecule has 7 rings (SSSR count). The number of methoxy groups -OCH3 is 3. The number of nitrogens with zero attached hydrogens (tertiary/aromatic N) is 2. The number of rotatable bonds is 12. The lowest BCUT2D eigenvalue weighted by Gasteiger charge is -2.16. The third-order valence-corrected chi connectivity index (χ3v) is 9.89. The van der Waals surface area contributed by atoms with E-state index in [-0.39, 0.29) is 23.9 Å². The van der Waals surface area contributed by atoms with Crippen LogP contribution >= 0.6 is 11.8 Å². The first-order valence-electron chi connectivity index (χ1n) is 17.0. The van der Waals surface area contributed by atoms with Crippen LogP contribution in [0, 0.1) is 0 Å². The Morgan fingerprint density at radius 2 is 1.53 bits per heavy atom. The predicted molar refractivity (Wildman–Crippen MR) is 209 cm³/mol. The lowest BCUT2D eigenvalue weighted by molar-refractivity contribution is -0.121. The third kappa shape index (κ3) is 7.92. The van der Waals surface area contributed by atoms with Crippen molar-refractivity contribution in [1.29, 1.82) is 0 Å². The molecule has 1 aromatic heterocycles. The maximum atomic E-state index is 13.9. The van der Waals surface area contributed by atoms with E-state index >= 15 is 0 Å². The van der Waals surface area contributed by atoms with Gasteiger partial charge in [-0.2, -0.15) is 0 Å². The van der Waals surface area contributed by atoms with E-state index in [0.29, 0.717) is 61.7 Å². The van der Waals surface area contributed by atoms with Gasteiger partial charge in [-0.05, 0) is 78.9 Å². The fourth-order valence-electron chi connectivity index (χ4n) is 5.99. The summed E-state index contributed by atoms with van der Waals surface area (Å²) in [4.78, 5) is 60.2. The highest BCUT2D eigenvalue weighted by molar-refractivity contribution is 8.00. The van der Waals surface area contributed by atoms with Gasteiger partial charge in [-0.25, -0.2) is 9.88 Å². The Balaban J connectivity index is 1.08. The van der Waals surface area contributed by atoms with Crippen LogP contribution in [0.3, 0.4) is 0 Å². The number of hydrogen-bond acceptors (Lipinski definition) is 10. The summed E-state index contributed by atoms with van der Waals surface area (Å²) in [5, 5.41) is 4.88. The molecule has 0 aliphatic carbocycles. The number of anilines is 2. The lowest BCUT2D eigenvalue weighted by atomic mass is 10.1. The second-order valence-corrected chi connectivity index (χ2v) is 13.5. The molecule has 1 saturated heterocycles. The van der Waals surface area contributed by atoms with Crippen LogP contribution in [0.15, 0.2) is 130 Å². The molecule has 4 amide bonds. The van der Waals surface area contributed by atoms with Crippen molar-refractivity contribution in [3.8, 4) is 28.7 Å². The van der Waals surface area contributed by atoms with Gasteiger partial charge < -0.3 is 29.3 Å². The van der Waals surface area contributed by atoms with Crippen molar-refractivity contribution >= 4 is 63.9 Å². The first-order chi connectivity index (χ1) is 26.7. The summed E-state index contributed by atoms with van der Waals surface area (Å²) < 4.78 is 22.3. The molecule has 276 valence electrons. The number of nitrogens with one attached hydrogen (secondary N) is 2. The second-order valence-electron chi connectivity index (χ2n) is 12.2. The van der Waals surface area contributed by atoms with Crippen molar-refractivity contribution in [1.82, 2.24) is 10.3 Å². The maximum absolute atomic E-state index is 13.9. The van der Waals surface area contributed by atoms with E-state index < -0.39 is 17.1 Å². The van der Waals surface area contributed by atoms with Gasteiger partial charge in [-0.15, -0.1) is 11.8 Å². The van der Waals surface area contributed by atoms with Crippen molar-refractivity contribution in [2.24, 2.45) is 0 Å². The lowest BCUT2D eigenvalue weighted by Crippen LogP contribution is -2.31. The smallest absolute Gasteiger partial charge is 0.272 e. The molecule has 12 nitrogen and oxygen atoms in total. The van der Waals surface area contributed by atoms with Crippen molar-refractivity contribution in [2.75, 3.05) is 31.5 Å². The number of benzene rings is 5. The minimum Gasteiger partial charge on any atom is -0.496 e. The minimum absolute atomic E-state index is 0.00146. The van der Waals surface area contributed by atoms with Crippen LogP contribution in [0.4, 0.5) is 11.4 Å². The number of thioether (sulfide) groups is 1. The second kappa shape index (κ2) is 16.0. The van der Waals surface area contributed by atoms with Crippen LogP contribution in [0.2, 0.25) is 0 Å². The summed E-state index contributed by atoms with van der Waals surface area (Å²) in [5.41, 5.74) is 3.67. The SMILES string of the molecule is COc1cc(OC)c(OC)cc1/C=C(\NC(=O)c1ccccc1)C(=O)Nc1cccc(S[C@@H]2CC(=O)N(c3ccc(-c4nc5ccccc5o4)cc3)C2=O)c1. The zero-order valence-corrected chi connectivity index (χ0v) is 30.7. The Kier molecular flexibility index (Phi) is 10.6. The summed E-state index contributed by atoms with van der Waals surface area (Å²) in [5.74, 6) is -0.168. The molecule has 1 aliphatic rings. The van der Waals surface area contributed by atoms with Crippen molar-refractivity contribution in [3.63, 3.8) is 0 Å². The zero-order valence-electron chi connectivity index (χ0n) is 29.9. The van der Waals surface area contributed by atoms with Crippen LogP contribution in [0.25, 0.3) is 28.6 Å². The fourth-order valence-corrected chi connectivity index (χ4v) is 7.10. The minimum atomic E-state index is -0.687. The van der Waals surface area contributed by atoms with E-state index in [1.165, 1.54) is 44.1 Å². The summed E-state index contributed by atoms with van der Waals surface area (Å²) >= 11 is 1.22. The fraction of sp³-hybridized carbons (Fsp3) is 0.119. The standard InChI is InChI=1S/C42H34N4O8S/c1-51-34-23-36(53-3)35(52-2)21-27(34)20-32(44-39(48)25-10-5-4-6-11-25)40(49)43-28-12-9-13-30(22-28)55-37-24-38(47)46(42(37)50)29-18-16-26(17-19-29)41-45-31-14-7-8-15-33(31)54-41/h4-23,37H,24H2,1-3H3,(H,43,49)(H,44,48)/b32-20-/t37-/m1/s1. The van der Waals surface area contributed by atoms with Gasteiger partial charge in [0.05, 0.1) is 32.3 Å². The van der Waals surface area contributed by atoms with Gasteiger partial charge in [0, 0.05) is 39.8 Å². The molecule has 13 heteroatoms. The third-order valence-electron chi connectivity index (χ3n) is 8.71. The molecule has 0 unspecified atom stereocenters. The van der Waals surface area contributed by atoms with E-state index in [1.807, 2.05) is 24.3 Å². The molecule has 1 aliphatic heterocycles. The van der Waals surface area contributed by atoms with Gasteiger partial charge in [0.25, 0.3) is 11.8 Å². The quantitative estimate of drug-likeness (QED) is 0.0959. The number of carbonyl (C=O) groups is 4. The molecule has 0 spiro atoms. The topological polar surface area (TPSA) is 149 Å². The van der Waals surface area contributed by atoms with E-state index in [9.17, 15) is 19.2 Å². The molecule has 0 saturated carbocycles. The van der Waals surface area contributed by atoms with E-state index in [4.69, 9.17) is 18.6 Å². The molecule has 5 aromatic carbocycles. The number of ether oxygens (including phenoxy) is 3. The van der Waals surface area contributed by atoms with Crippen molar-refractivity contribution in [3.05, 3.63) is 132 Å². The van der Waals surface area contributed by atoms with Crippen LogP contribution in [-0.4, -0.2) is 55.2 Å². The number of hydrogen-bond donors (Lipinski definition) is 2. The molecule has 6 aromatic rings. The van der Waals surface area contributed by atoms with Crippen LogP contribution in [-0.2, 0) is 14.4 Å². The molecule has 1 fully saturated rings. The highest BCUT2D eigenvalue weighted by atomic mass is 32.2. The summed E-state index contributed by atoms with van der Waals surface area (Å²) in [6.45, 7) is 0. The van der Waals surface area contributed by atoms with Crippen LogP contribution < -0.4 is 29.7 Å². The number of carbonyl (C=O) groups excluding carboxylic acids is 4. The number of imide groups is 1. The van der Waals surface area contributed by atoms with Crippen molar-refractivity contribution in [2.45, 2.75) is 16.6 Å². The average Bonchev–Trinajstić information content (AvgIpc) is 3.77. The Morgan fingerprint density at radius 1 is 0.818 bits per heavy atom. The summed E-state index contributed by atoms with van der Waals surface area (Å²) in [6.07, 6.45) is 1.48. The summed E-state index contributed by atoms with van der Waals surface area (Å²) in [7, 11) is 4.46. The number of aromatic nitrogens is 1. The molecule has 2 N–H and O–H groups in total. The molecule has 0 bridgehead atoms. The molecule has 0 radical (unpaired) electrons. The van der Waals surface area contributed by atoms with Crippen LogP contribution in [0.5, 0.6) is 17.2 Å². The predicted octanol–water partition coefficient (Wildman–Crippen LogP) is 7.35. The van der Waals surface area contributed by atoms with Crippen molar-refractivity contribution < 1.29 is 37.8 Å². The Labute approximate surface area is 320 Å². The molecular formula is C42H34N4O8S. The Bertz CT molecular complexity index is 2410. The van der Waals surface area contributed by atoms with Gasteiger partial charge >= 0.3 is 0 Å². The van der Waals surface area contributed by atoms with E-state index in [0.717, 1.165) is 5.52 Å². The molecular weight excluding hydrogens is 721 g/mol. The summed E-state index contributed by atoms with van der Waals surface area (Å²) in [6, 6.07) is 33.0. The maximum Gasteiger partial charge on any atom is 0.272 e. The van der Waals surface area contributed by atoms with Gasteiger partial charge in [-0.3, -0.25) is 19.2 Å². The first-order valence-corrected chi connectivity index (χ1v) is 17.9. The monoisotopic (exact) mass is 754 g/mol. The number of fused-ring (bicyclic) bond motifs is 1. The van der Waals surface area contributed by atoms with Gasteiger partial charge in [0.2, 0.25) is 17.7 Å². The number of oxazole rings is 1. The average molecular weight is 755 g/mol. The zero-order chi connectivity index (χ0) is 38.5. The normalized spacial score (nSPS) is 14.2. The molecule has 1 atom stereocenters. The van der Waals surface area contributed by atoms with Crippen LogP contribution in [0.1, 0.15) is 22.3 Å². The number of amides is 4. The van der Waals surface area contributed by atoms with Gasteiger partial charge in [-0.1, -0.05) is 36.4 Å². The largest absolute Gasteiger partial charge is 0.496 e. The molecule has 2 heterocycles. The van der Waals surface area contributed by atoms with E-state index in [1.54, 1.807) is 91.0 Å². The van der Waals surface area contributed by atoms with E-state index in [2.05, 4.69) is 15.6 Å². The van der Waals surface area contributed by atoms with Gasteiger partial charge in [0.15, 0.2) is 17.1 Å². The first kappa shape index (κ1) is 36.5. The highest BCUT2D eigenvalue weighted by Gasteiger charge is 2.40. The Morgan fingerprint density at radius 3 is 2.25 bits per heavy atom.